The molecule has 0 aliphatic carbocycles. The molecule has 1 aromatic carbocycles. The average Bonchev–Trinajstić information content (AvgIpc) is 2.61. The van der Waals surface area contributed by atoms with Crippen LogP contribution < -0.4 is 5.32 Å². The van der Waals surface area contributed by atoms with Crippen LogP contribution in [0.25, 0.3) is 0 Å². The number of carbonyl (C=O) groups excluding carboxylic acids is 1. The molecule has 106 valence electrons. The molecule has 2 aromatic rings. The highest BCUT2D eigenvalue weighted by Crippen LogP contribution is 2.26. The van der Waals surface area contributed by atoms with Crippen LogP contribution in [0.2, 0.25) is 5.02 Å². The number of aryl methyl sites for hydroxylation is 1. The zero-order chi connectivity index (χ0) is 14.9. The fourth-order valence-electron chi connectivity index (χ4n) is 1.75. The Morgan fingerprint density at radius 2 is 2.10 bits per heavy atom. The normalized spacial score (nSPS) is 10.7. The molecule has 0 aliphatic heterocycles. The first-order valence-electron chi connectivity index (χ1n) is 5.83. The Bertz CT molecular complexity index is 670. The molecule has 4 nitrogen and oxygen atoms in total. The number of nitrogens with zero attached hydrogens (tertiary/aromatic N) is 2. The van der Waals surface area contributed by atoms with Gasteiger partial charge >= 0.3 is 0 Å². The molecule has 0 spiro atoms. The summed E-state index contributed by atoms with van der Waals surface area (Å²) in [4.78, 5) is 12.0. The summed E-state index contributed by atoms with van der Waals surface area (Å²) >= 11 is 12.8. The first-order valence-corrected chi connectivity index (χ1v) is 7.79. The molecule has 0 atom stereocenters. The van der Waals surface area contributed by atoms with Gasteiger partial charge in [-0.2, -0.15) is 5.10 Å². The van der Waals surface area contributed by atoms with E-state index in [2.05, 4.69) is 42.3 Å². The van der Waals surface area contributed by atoms with Gasteiger partial charge in [-0.3, -0.25) is 9.48 Å². The quantitative estimate of drug-likeness (QED) is 0.803. The molecule has 0 bridgehead atoms. The highest BCUT2D eigenvalue weighted by molar-refractivity contribution is 9.11. The van der Waals surface area contributed by atoms with Crippen LogP contribution in [-0.4, -0.2) is 15.7 Å². The number of hydrogen-bond donors (Lipinski definition) is 1. The van der Waals surface area contributed by atoms with Gasteiger partial charge in [-0.1, -0.05) is 27.5 Å². The average molecular weight is 422 g/mol. The van der Waals surface area contributed by atoms with Crippen molar-refractivity contribution in [3.8, 4) is 0 Å². The van der Waals surface area contributed by atoms with Crippen LogP contribution in [0.4, 0.5) is 5.69 Å². The first kappa shape index (κ1) is 15.5. The summed E-state index contributed by atoms with van der Waals surface area (Å²) in [6.07, 6.45) is 0. The van der Waals surface area contributed by atoms with Gasteiger partial charge in [0.05, 0.1) is 22.1 Å². The fourth-order valence-corrected chi connectivity index (χ4v) is 3.03. The van der Waals surface area contributed by atoms with E-state index in [1.807, 2.05) is 32.0 Å². The van der Waals surface area contributed by atoms with Crippen molar-refractivity contribution in [1.82, 2.24) is 9.78 Å². The Labute approximate surface area is 138 Å². The predicted molar refractivity (Wildman–Crippen MR) is 87.2 cm³/mol. The van der Waals surface area contributed by atoms with Gasteiger partial charge in [0, 0.05) is 8.95 Å². The number of benzene rings is 1. The minimum Gasteiger partial charge on any atom is -0.323 e. The van der Waals surface area contributed by atoms with Gasteiger partial charge in [-0.05, 0) is 48.0 Å². The molecule has 20 heavy (non-hydrogen) atoms. The second kappa shape index (κ2) is 6.28. The number of aromatic nitrogens is 2. The van der Waals surface area contributed by atoms with Crippen LogP contribution in [0.3, 0.4) is 0 Å². The molecule has 0 saturated carbocycles. The molecule has 0 aliphatic rings. The van der Waals surface area contributed by atoms with Crippen molar-refractivity contribution in [1.29, 1.82) is 0 Å². The van der Waals surface area contributed by atoms with Crippen molar-refractivity contribution in [3.63, 3.8) is 0 Å². The van der Waals surface area contributed by atoms with E-state index in [0.29, 0.717) is 10.7 Å². The van der Waals surface area contributed by atoms with Crippen molar-refractivity contribution in [2.45, 2.75) is 20.4 Å². The van der Waals surface area contributed by atoms with Gasteiger partial charge in [-0.25, -0.2) is 0 Å². The Morgan fingerprint density at radius 3 is 2.65 bits per heavy atom. The van der Waals surface area contributed by atoms with E-state index < -0.39 is 0 Å². The van der Waals surface area contributed by atoms with E-state index in [-0.39, 0.29) is 12.5 Å². The van der Waals surface area contributed by atoms with Crippen LogP contribution in [0.1, 0.15) is 11.4 Å². The van der Waals surface area contributed by atoms with Crippen LogP contribution in [-0.2, 0) is 11.3 Å². The lowest BCUT2D eigenvalue weighted by Gasteiger charge is -2.09. The summed E-state index contributed by atoms with van der Waals surface area (Å²) in [5, 5.41) is 7.66. The monoisotopic (exact) mass is 419 g/mol. The van der Waals surface area contributed by atoms with Gasteiger partial charge < -0.3 is 5.32 Å². The maximum Gasteiger partial charge on any atom is 0.246 e. The molecule has 0 radical (unpaired) electrons. The Hall–Kier alpha value is -0.850. The van der Waals surface area contributed by atoms with Crippen molar-refractivity contribution < 1.29 is 4.79 Å². The van der Waals surface area contributed by atoms with Crippen LogP contribution in [0.15, 0.2) is 27.1 Å². The van der Waals surface area contributed by atoms with Gasteiger partial charge in [0.1, 0.15) is 6.54 Å². The standard InChI is InChI=1S/C13H12Br2ClN3O/c1-7-13(16)8(2)19(18-7)6-12(20)17-11-4-3-9(14)5-10(11)15/h3-5H,6H2,1-2H3,(H,17,20). The van der Waals surface area contributed by atoms with Crippen molar-refractivity contribution in [3.05, 3.63) is 43.6 Å². The minimum atomic E-state index is -0.157. The number of hydrogen-bond acceptors (Lipinski definition) is 2. The lowest BCUT2D eigenvalue weighted by atomic mass is 10.3. The maximum atomic E-state index is 12.0. The van der Waals surface area contributed by atoms with Gasteiger partial charge in [0.15, 0.2) is 0 Å². The third-order valence-electron chi connectivity index (χ3n) is 2.79. The second-order valence-electron chi connectivity index (χ2n) is 4.31. The topological polar surface area (TPSA) is 46.9 Å². The summed E-state index contributed by atoms with van der Waals surface area (Å²) in [5.41, 5.74) is 2.22. The molecule has 0 saturated heterocycles. The largest absolute Gasteiger partial charge is 0.323 e. The lowest BCUT2D eigenvalue weighted by Crippen LogP contribution is -2.20. The molecule has 1 heterocycles. The zero-order valence-corrected chi connectivity index (χ0v) is 14.8. The summed E-state index contributed by atoms with van der Waals surface area (Å²) in [5.74, 6) is -0.157. The molecule has 7 heteroatoms. The molecular formula is C13H12Br2ClN3O. The van der Waals surface area contributed by atoms with Crippen molar-refractivity contribution in [2.24, 2.45) is 0 Å². The summed E-state index contributed by atoms with van der Waals surface area (Å²) in [6.45, 7) is 3.78. The number of carbonyl (C=O) groups is 1. The lowest BCUT2D eigenvalue weighted by molar-refractivity contribution is -0.116. The van der Waals surface area contributed by atoms with Gasteiger partial charge in [0.25, 0.3) is 0 Å². The van der Waals surface area contributed by atoms with Gasteiger partial charge in [0.2, 0.25) is 5.91 Å². The predicted octanol–water partition coefficient (Wildman–Crippen LogP) is 4.32. The third-order valence-corrected chi connectivity index (χ3v) is 4.49. The summed E-state index contributed by atoms with van der Waals surface area (Å²) < 4.78 is 3.35. The molecular weight excluding hydrogens is 409 g/mol. The molecule has 1 N–H and O–H groups in total. The van der Waals surface area contributed by atoms with E-state index in [1.54, 1.807) is 4.68 Å². The smallest absolute Gasteiger partial charge is 0.246 e. The highest BCUT2D eigenvalue weighted by Gasteiger charge is 2.13. The van der Waals surface area contributed by atoms with Crippen LogP contribution in [0, 0.1) is 13.8 Å². The van der Waals surface area contributed by atoms with Crippen LogP contribution >= 0.6 is 43.5 Å². The summed E-state index contributed by atoms with van der Waals surface area (Å²) in [6, 6.07) is 5.55. The fraction of sp³-hybridized carbons (Fsp3) is 0.231. The minimum absolute atomic E-state index is 0.127. The molecule has 2 rings (SSSR count). The van der Waals surface area contributed by atoms with Crippen LogP contribution in [0.5, 0.6) is 0 Å². The Balaban J connectivity index is 2.11. The number of nitrogens with one attached hydrogen (secondary N) is 1. The Morgan fingerprint density at radius 1 is 1.40 bits per heavy atom. The van der Waals surface area contributed by atoms with E-state index in [9.17, 15) is 4.79 Å². The molecule has 1 aromatic heterocycles. The highest BCUT2D eigenvalue weighted by atomic mass is 79.9. The summed E-state index contributed by atoms with van der Waals surface area (Å²) in [7, 11) is 0. The van der Waals surface area contributed by atoms with E-state index in [0.717, 1.165) is 20.3 Å². The maximum absolute atomic E-state index is 12.0. The number of rotatable bonds is 3. The Kier molecular flexibility index (Phi) is 4.88. The third kappa shape index (κ3) is 3.42. The molecule has 0 unspecified atom stereocenters. The molecule has 1 amide bonds. The van der Waals surface area contributed by atoms with E-state index >= 15 is 0 Å². The number of anilines is 1. The number of halogens is 3. The van der Waals surface area contributed by atoms with Gasteiger partial charge in [-0.15, -0.1) is 0 Å². The first-order chi connectivity index (χ1) is 9.38. The van der Waals surface area contributed by atoms with E-state index in [4.69, 9.17) is 11.6 Å². The van der Waals surface area contributed by atoms with Crippen molar-refractivity contribution >= 4 is 55.1 Å². The second-order valence-corrected chi connectivity index (χ2v) is 6.46. The number of amides is 1. The van der Waals surface area contributed by atoms with E-state index in [1.165, 1.54) is 0 Å². The molecule has 0 fully saturated rings. The van der Waals surface area contributed by atoms with Crippen molar-refractivity contribution in [2.75, 3.05) is 5.32 Å². The SMILES string of the molecule is Cc1nn(CC(=O)Nc2ccc(Br)cc2Br)c(C)c1Cl. The zero-order valence-electron chi connectivity index (χ0n) is 10.9.